The molecule has 0 saturated heterocycles. The first kappa shape index (κ1) is 25.3. The lowest BCUT2D eigenvalue weighted by molar-refractivity contribution is -0.384. The summed E-state index contributed by atoms with van der Waals surface area (Å²) in [4.78, 5) is 22.7. The van der Waals surface area contributed by atoms with Gasteiger partial charge in [0.15, 0.2) is 0 Å². The van der Waals surface area contributed by atoms with Crippen molar-refractivity contribution < 1.29 is 18.1 Å². The van der Waals surface area contributed by atoms with E-state index in [0.717, 1.165) is 4.31 Å². The number of nitrogens with one attached hydrogen (secondary N) is 1. The summed E-state index contributed by atoms with van der Waals surface area (Å²) in [6.45, 7) is -0.590. The molecule has 1 N–H and O–H groups in total. The lowest BCUT2D eigenvalue weighted by Gasteiger charge is -2.21. The van der Waals surface area contributed by atoms with E-state index in [-0.39, 0.29) is 17.1 Å². The predicted octanol–water partition coefficient (Wildman–Crippen LogP) is 4.24. The molecule has 1 amide bonds. The first-order chi connectivity index (χ1) is 16.1. The molecule has 0 saturated carbocycles. The van der Waals surface area contributed by atoms with E-state index in [2.05, 4.69) is 10.5 Å². The molecule has 9 nitrogen and oxygen atoms in total. The van der Waals surface area contributed by atoms with E-state index in [0.29, 0.717) is 21.2 Å². The van der Waals surface area contributed by atoms with Crippen molar-refractivity contribution in [3.8, 4) is 0 Å². The fourth-order valence-corrected chi connectivity index (χ4v) is 4.47. The Bertz CT molecular complexity index is 1300. The largest absolute Gasteiger partial charge is 0.272 e. The van der Waals surface area contributed by atoms with E-state index in [9.17, 15) is 23.3 Å². The maximum atomic E-state index is 13.2. The average molecular weight is 521 g/mol. The number of nitro benzene ring substituents is 1. The number of rotatable bonds is 9. The topological polar surface area (TPSA) is 122 Å². The summed E-state index contributed by atoms with van der Waals surface area (Å²) in [5.41, 5.74) is 3.34. The SMILES string of the molecule is O=C(CN(Cc1ccc(Cl)cc1)S(=O)(=O)c1ccc(Cl)cc1)N/N=C\c1ccc([N+](=O)[O-])cc1. The van der Waals surface area contributed by atoms with Gasteiger partial charge in [-0.2, -0.15) is 9.41 Å². The number of hydrazone groups is 1. The first-order valence-corrected chi connectivity index (χ1v) is 11.9. The summed E-state index contributed by atoms with van der Waals surface area (Å²) < 4.78 is 27.4. The Balaban J connectivity index is 1.75. The fraction of sp³-hybridized carbons (Fsp3) is 0.0909. The zero-order valence-corrected chi connectivity index (χ0v) is 19.8. The molecule has 0 radical (unpaired) electrons. The highest BCUT2D eigenvalue weighted by atomic mass is 35.5. The number of halogens is 2. The number of carbonyl (C=O) groups is 1. The minimum Gasteiger partial charge on any atom is -0.272 e. The van der Waals surface area contributed by atoms with E-state index in [1.807, 2.05) is 0 Å². The average Bonchev–Trinajstić information content (AvgIpc) is 2.80. The molecule has 34 heavy (non-hydrogen) atoms. The fourth-order valence-electron chi connectivity index (χ4n) is 2.83. The van der Waals surface area contributed by atoms with E-state index in [1.165, 1.54) is 54.7 Å². The summed E-state index contributed by atoms with van der Waals surface area (Å²) in [5, 5.41) is 15.4. The maximum absolute atomic E-state index is 13.2. The number of nitro groups is 1. The number of hydrogen-bond acceptors (Lipinski definition) is 6. The van der Waals surface area contributed by atoms with Gasteiger partial charge in [-0.05, 0) is 59.7 Å². The third kappa shape index (κ3) is 6.84. The number of amides is 1. The molecule has 0 aromatic heterocycles. The molecule has 0 fully saturated rings. The Kier molecular flexibility index (Phi) is 8.35. The second kappa shape index (κ2) is 11.2. The maximum Gasteiger partial charge on any atom is 0.269 e. The van der Waals surface area contributed by atoms with Crippen LogP contribution in [0, 0.1) is 10.1 Å². The van der Waals surface area contributed by atoms with Gasteiger partial charge < -0.3 is 0 Å². The van der Waals surface area contributed by atoms with Crippen molar-refractivity contribution in [1.82, 2.24) is 9.73 Å². The van der Waals surface area contributed by atoms with Gasteiger partial charge in [0, 0.05) is 28.7 Å². The molecule has 0 heterocycles. The van der Waals surface area contributed by atoms with Crippen LogP contribution in [0.2, 0.25) is 10.0 Å². The lowest BCUT2D eigenvalue weighted by atomic mass is 10.2. The molecule has 0 spiro atoms. The van der Waals surface area contributed by atoms with Gasteiger partial charge in [0.25, 0.3) is 11.6 Å². The van der Waals surface area contributed by atoms with Crippen molar-refractivity contribution in [2.24, 2.45) is 5.10 Å². The van der Waals surface area contributed by atoms with E-state index >= 15 is 0 Å². The van der Waals surface area contributed by atoms with E-state index < -0.39 is 27.4 Å². The highest BCUT2D eigenvalue weighted by Gasteiger charge is 2.27. The standard InChI is InChI=1S/C22H18Cl2N4O5S/c23-18-5-1-17(2-6-18)14-27(34(32,33)21-11-7-19(24)8-12-21)15-22(29)26-25-13-16-3-9-20(10-4-16)28(30)31/h1-13H,14-15H2,(H,26,29)/b25-13-. The van der Waals surface area contributed by atoms with Crippen LogP contribution in [0.25, 0.3) is 0 Å². The highest BCUT2D eigenvalue weighted by molar-refractivity contribution is 7.89. The van der Waals surface area contributed by atoms with Gasteiger partial charge in [0.05, 0.1) is 22.6 Å². The number of nitrogens with zero attached hydrogens (tertiary/aromatic N) is 3. The molecule has 3 aromatic carbocycles. The predicted molar refractivity (Wildman–Crippen MR) is 129 cm³/mol. The lowest BCUT2D eigenvalue weighted by Crippen LogP contribution is -2.39. The molecular weight excluding hydrogens is 503 g/mol. The Morgan fingerprint density at radius 3 is 2.09 bits per heavy atom. The third-order valence-electron chi connectivity index (χ3n) is 4.55. The summed E-state index contributed by atoms with van der Waals surface area (Å²) in [5.74, 6) is -0.676. The smallest absolute Gasteiger partial charge is 0.269 e. The van der Waals surface area contributed by atoms with Crippen LogP contribution in [-0.2, 0) is 21.4 Å². The van der Waals surface area contributed by atoms with E-state index in [1.54, 1.807) is 24.3 Å². The van der Waals surface area contributed by atoms with Crippen molar-refractivity contribution in [2.75, 3.05) is 6.54 Å². The van der Waals surface area contributed by atoms with Crippen LogP contribution in [0.15, 0.2) is 82.8 Å². The minimum absolute atomic E-state index is 0.0203. The second-order valence-corrected chi connectivity index (χ2v) is 9.81. The van der Waals surface area contributed by atoms with Crippen LogP contribution in [0.5, 0.6) is 0 Å². The molecule has 0 bridgehead atoms. The van der Waals surface area contributed by atoms with Crippen LogP contribution in [0.1, 0.15) is 11.1 Å². The number of benzene rings is 3. The molecule has 0 aliphatic rings. The molecule has 176 valence electrons. The van der Waals surface area contributed by atoms with Crippen LogP contribution in [0.4, 0.5) is 5.69 Å². The Morgan fingerprint density at radius 2 is 1.53 bits per heavy atom. The summed E-state index contributed by atoms with van der Waals surface area (Å²) in [6, 6.07) is 17.7. The van der Waals surface area contributed by atoms with Crippen molar-refractivity contribution in [3.63, 3.8) is 0 Å². The molecule has 0 atom stereocenters. The molecule has 0 unspecified atom stereocenters. The van der Waals surface area contributed by atoms with Crippen molar-refractivity contribution in [3.05, 3.63) is 104 Å². The number of hydrogen-bond donors (Lipinski definition) is 1. The summed E-state index contributed by atoms with van der Waals surface area (Å²) >= 11 is 11.8. The molecule has 0 aliphatic carbocycles. The first-order valence-electron chi connectivity index (χ1n) is 9.72. The monoisotopic (exact) mass is 520 g/mol. The van der Waals surface area contributed by atoms with Crippen LogP contribution in [0.3, 0.4) is 0 Å². The van der Waals surface area contributed by atoms with Crippen molar-refractivity contribution >= 4 is 51.0 Å². The zero-order chi connectivity index (χ0) is 24.7. The second-order valence-electron chi connectivity index (χ2n) is 7.00. The van der Waals surface area contributed by atoms with Crippen LogP contribution in [-0.4, -0.2) is 36.3 Å². The molecule has 3 aromatic rings. The Hall–Kier alpha value is -3.31. The van der Waals surface area contributed by atoms with Gasteiger partial charge in [-0.3, -0.25) is 14.9 Å². The molecular formula is C22H18Cl2N4O5S. The van der Waals surface area contributed by atoms with Gasteiger partial charge in [-0.25, -0.2) is 13.8 Å². The summed E-state index contributed by atoms with van der Waals surface area (Å²) in [7, 11) is -4.05. The Labute approximate surface area is 205 Å². The number of non-ortho nitro benzene ring substituents is 1. The van der Waals surface area contributed by atoms with Gasteiger partial charge in [-0.1, -0.05) is 35.3 Å². The van der Waals surface area contributed by atoms with Gasteiger partial charge in [0.1, 0.15) is 0 Å². The highest BCUT2D eigenvalue weighted by Crippen LogP contribution is 2.21. The van der Waals surface area contributed by atoms with Crippen molar-refractivity contribution in [1.29, 1.82) is 0 Å². The third-order valence-corrected chi connectivity index (χ3v) is 6.86. The Morgan fingerprint density at radius 1 is 0.971 bits per heavy atom. The van der Waals surface area contributed by atoms with Gasteiger partial charge >= 0.3 is 0 Å². The minimum atomic E-state index is -4.05. The van der Waals surface area contributed by atoms with E-state index in [4.69, 9.17) is 23.2 Å². The van der Waals surface area contributed by atoms with Crippen LogP contribution >= 0.6 is 23.2 Å². The van der Waals surface area contributed by atoms with Crippen molar-refractivity contribution in [2.45, 2.75) is 11.4 Å². The van der Waals surface area contributed by atoms with Crippen LogP contribution < -0.4 is 5.43 Å². The number of sulfonamides is 1. The zero-order valence-electron chi connectivity index (χ0n) is 17.5. The quantitative estimate of drug-likeness (QED) is 0.256. The molecule has 12 heteroatoms. The van der Waals surface area contributed by atoms with Gasteiger partial charge in [0.2, 0.25) is 10.0 Å². The molecule has 0 aliphatic heterocycles. The molecule has 3 rings (SSSR count). The number of carbonyl (C=O) groups excluding carboxylic acids is 1. The summed E-state index contributed by atoms with van der Waals surface area (Å²) in [6.07, 6.45) is 1.29. The van der Waals surface area contributed by atoms with Gasteiger partial charge in [-0.15, -0.1) is 0 Å². The normalized spacial score (nSPS) is 11.6.